The second kappa shape index (κ2) is 25.5. The van der Waals surface area contributed by atoms with Crippen LogP contribution in [0.15, 0.2) is 107 Å². The van der Waals surface area contributed by atoms with Crippen molar-refractivity contribution in [1.82, 2.24) is 25.3 Å². The first-order valence-corrected chi connectivity index (χ1v) is 27.6. The van der Waals surface area contributed by atoms with Gasteiger partial charge in [0, 0.05) is 80.6 Å². The van der Waals surface area contributed by atoms with Gasteiger partial charge in [-0.3, -0.25) is 48.4 Å². The summed E-state index contributed by atoms with van der Waals surface area (Å²) in [7, 11) is 3.08. The summed E-state index contributed by atoms with van der Waals surface area (Å²) in [5, 5.41) is 8.35. The van der Waals surface area contributed by atoms with E-state index in [0.717, 1.165) is 41.5 Å². The van der Waals surface area contributed by atoms with Gasteiger partial charge in [-0.15, -0.1) is 0 Å². The lowest BCUT2D eigenvalue weighted by Gasteiger charge is -2.24. The Hall–Kier alpha value is -8.87. The van der Waals surface area contributed by atoms with E-state index in [1.807, 2.05) is 30.7 Å². The molecule has 0 saturated carbocycles. The number of aryl methyl sites for hydroxylation is 1. The predicted octanol–water partition coefficient (Wildman–Crippen LogP) is 8.65. The lowest BCUT2D eigenvalue weighted by Crippen LogP contribution is -2.53. The van der Waals surface area contributed by atoms with E-state index in [1.165, 1.54) is 29.7 Å². The molecule has 0 unspecified atom stereocenters. The molecule has 7 amide bonds. The van der Waals surface area contributed by atoms with Crippen LogP contribution in [0, 0.1) is 12.8 Å². The maximum Gasteiger partial charge on any atom is 0.260 e. The molecule has 81 heavy (non-hydrogen) atoms. The molecule has 5 heterocycles. The third-order valence-electron chi connectivity index (χ3n) is 14.9. The molecule has 19 nitrogen and oxygen atoms in total. The van der Waals surface area contributed by atoms with Gasteiger partial charge in [0.15, 0.2) is 23.0 Å². The Labute approximate surface area is 471 Å². The van der Waals surface area contributed by atoms with E-state index in [2.05, 4.69) is 47.1 Å². The first-order chi connectivity index (χ1) is 39.1. The molecule has 0 saturated heterocycles. The summed E-state index contributed by atoms with van der Waals surface area (Å²) in [6.45, 7) is 8.31. The van der Waals surface area contributed by atoms with Gasteiger partial charge < -0.3 is 44.7 Å². The van der Waals surface area contributed by atoms with Gasteiger partial charge in [0.05, 0.1) is 62.0 Å². The number of carbonyl (C=O) groups excluding carboxylic acids is 7. The van der Waals surface area contributed by atoms with Crippen LogP contribution in [0.25, 0.3) is 11.1 Å². The first kappa shape index (κ1) is 56.8. The number of imide groups is 1. The van der Waals surface area contributed by atoms with Crippen LogP contribution < -0.4 is 34.9 Å². The fraction of sp³-hybridized carbons (Fsp3) is 0.371. The van der Waals surface area contributed by atoms with Crippen LogP contribution in [0.3, 0.4) is 0 Å². The second-order valence-electron chi connectivity index (χ2n) is 21.1. The van der Waals surface area contributed by atoms with Crippen LogP contribution in [0.4, 0.5) is 17.1 Å². The van der Waals surface area contributed by atoms with Crippen molar-refractivity contribution < 1.29 is 52.5 Å². The molecule has 0 spiro atoms. The number of rotatable bonds is 24. The molecule has 3 N–H and O–H groups in total. The second-order valence-corrected chi connectivity index (χ2v) is 21.1. The van der Waals surface area contributed by atoms with Gasteiger partial charge >= 0.3 is 0 Å². The maximum absolute atomic E-state index is 14.1. The van der Waals surface area contributed by atoms with E-state index in [4.69, 9.17) is 28.9 Å². The number of nitrogens with one attached hydrogen (secondary N) is 3. The van der Waals surface area contributed by atoms with Crippen LogP contribution in [-0.4, -0.2) is 127 Å². The summed E-state index contributed by atoms with van der Waals surface area (Å²) in [5.74, 6) is -0.692. The maximum atomic E-state index is 14.1. The molecule has 0 aliphatic carbocycles. The highest BCUT2D eigenvalue weighted by atomic mass is 16.5. The third-order valence-corrected chi connectivity index (χ3v) is 14.9. The molecular formula is C62H68N8O11. The zero-order valence-electron chi connectivity index (χ0n) is 46.5. The number of anilines is 1. The number of hydrogen-bond acceptors (Lipinski definition) is 13. The zero-order chi connectivity index (χ0) is 57.3. The van der Waals surface area contributed by atoms with Crippen molar-refractivity contribution in [3.8, 4) is 23.0 Å². The van der Waals surface area contributed by atoms with Gasteiger partial charge in [-0.2, -0.15) is 0 Å². The lowest BCUT2D eigenvalue weighted by atomic mass is 10.0. The summed E-state index contributed by atoms with van der Waals surface area (Å²) in [5.41, 5.74) is 7.46. The molecule has 0 radical (unpaired) electrons. The SMILES string of the molecule is COc1cc2c(cc1OCCCCCOc1cc3c(cc1OC)C(=O)N1C=C(c4ccc(NC(=O)[C@H](C)NC(=O)[C@@H](NC(=O)CCCCCN5C(=O)C=CC5=O)C(C)C)cc4)C[C@@H]1C=N3)N=C[C@H]1CC(c3ccc(C)cc3)=CN1C2=O. The molecule has 5 aliphatic heterocycles. The van der Waals surface area contributed by atoms with Crippen molar-refractivity contribution in [3.63, 3.8) is 0 Å². The Morgan fingerprint density at radius 2 is 1.12 bits per heavy atom. The quantitative estimate of drug-likeness (QED) is 0.0444. The molecule has 0 fully saturated rings. The topological polar surface area (TPSA) is 227 Å². The number of methoxy groups -OCH3 is 2. The van der Waals surface area contributed by atoms with Crippen LogP contribution in [0.1, 0.15) is 116 Å². The van der Waals surface area contributed by atoms with Gasteiger partial charge in [0.1, 0.15) is 12.1 Å². The molecule has 422 valence electrons. The van der Waals surface area contributed by atoms with Crippen LogP contribution >= 0.6 is 0 Å². The molecule has 0 aromatic heterocycles. The number of benzene rings is 4. The smallest absolute Gasteiger partial charge is 0.260 e. The Morgan fingerprint density at radius 3 is 1.63 bits per heavy atom. The van der Waals surface area contributed by atoms with Crippen LogP contribution in [0.5, 0.6) is 23.0 Å². The molecule has 9 rings (SSSR count). The Morgan fingerprint density at radius 1 is 0.617 bits per heavy atom. The standard InChI is InChI=1S/C62H68N8O11/c1-37(2)58(67-55(71)13-9-7-10-24-68-56(72)22-23-57(68)73)60(75)65-39(4)59(74)66-44-20-18-41(19-21-44)43-28-46-34-64-50-32-54(52(79-6)30-48(50)62(77)70(46)36-43)81-26-12-8-11-25-80-53-31-49-47(29-51(53)78-5)61(76)69-35-42(27-45(69)33-63-49)40-16-14-38(3)15-17-40/h14-23,29-37,39,45-46,58H,7-13,24-28H2,1-6H3,(H,65,75)(H,66,74)(H,67,71)/t39-,45+,46+,58-/m0/s1. The summed E-state index contributed by atoms with van der Waals surface area (Å²) in [6, 6.07) is 20.1. The highest BCUT2D eigenvalue weighted by molar-refractivity contribution is 6.13. The Kier molecular flexibility index (Phi) is 17.9. The first-order valence-electron chi connectivity index (χ1n) is 27.6. The van der Waals surface area contributed by atoms with Crippen molar-refractivity contribution in [2.75, 3.05) is 39.3 Å². The zero-order valence-corrected chi connectivity index (χ0v) is 46.5. The van der Waals surface area contributed by atoms with Crippen molar-refractivity contribution in [2.45, 2.75) is 110 Å². The minimum Gasteiger partial charge on any atom is -0.493 e. The fourth-order valence-corrected chi connectivity index (χ4v) is 10.2. The molecular weight excluding hydrogens is 1030 g/mol. The third kappa shape index (κ3) is 13.3. The monoisotopic (exact) mass is 1100 g/mol. The summed E-state index contributed by atoms with van der Waals surface area (Å²) in [6.07, 6.45) is 15.1. The molecule has 4 atom stereocenters. The van der Waals surface area contributed by atoms with Gasteiger partial charge in [-0.05, 0) is 98.4 Å². The number of nitrogens with zero attached hydrogens (tertiary/aromatic N) is 5. The fourth-order valence-electron chi connectivity index (χ4n) is 10.2. The molecule has 4 aromatic rings. The van der Waals surface area contributed by atoms with Crippen LogP contribution in [0.2, 0.25) is 0 Å². The minimum atomic E-state index is -0.919. The van der Waals surface area contributed by atoms with E-state index in [1.54, 1.807) is 80.3 Å². The summed E-state index contributed by atoms with van der Waals surface area (Å²) >= 11 is 0. The van der Waals surface area contributed by atoms with E-state index in [9.17, 15) is 33.6 Å². The predicted molar refractivity (Wildman–Crippen MR) is 307 cm³/mol. The van der Waals surface area contributed by atoms with Gasteiger partial charge in [0.25, 0.3) is 23.6 Å². The number of hydrogen-bond donors (Lipinski definition) is 3. The number of ether oxygens (including phenoxy) is 4. The highest BCUT2D eigenvalue weighted by Crippen LogP contribution is 2.42. The van der Waals surface area contributed by atoms with Crippen molar-refractivity contribution in [3.05, 3.63) is 125 Å². The highest BCUT2D eigenvalue weighted by Gasteiger charge is 2.36. The van der Waals surface area contributed by atoms with Gasteiger partial charge in [-0.1, -0.05) is 62.2 Å². The van der Waals surface area contributed by atoms with E-state index >= 15 is 0 Å². The lowest BCUT2D eigenvalue weighted by molar-refractivity contribution is -0.137. The minimum absolute atomic E-state index is 0.139. The average Bonchev–Trinajstić information content (AvgIpc) is 4.15. The number of aliphatic imine (C=N–C) groups is 2. The van der Waals surface area contributed by atoms with Gasteiger partial charge in [0.2, 0.25) is 17.7 Å². The van der Waals surface area contributed by atoms with Gasteiger partial charge in [-0.25, -0.2) is 0 Å². The Balaban J connectivity index is 0.714. The van der Waals surface area contributed by atoms with E-state index < -0.39 is 23.9 Å². The normalized spacial score (nSPS) is 17.6. The number of unbranched alkanes of at least 4 members (excludes halogenated alkanes) is 4. The van der Waals surface area contributed by atoms with Crippen LogP contribution in [-0.2, 0) is 24.0 Å². The molecule has 5 aliphatic rings. The summed E-state index contributed by atoms with van der Waals surface area (Å²) < 4.78 is 23.7. The van der Waals surface area contributed by atoms with Crippen molar-refractivity contribution >= 4 is 82.0 Å². The number of carbonyl (C=O) groups is 7. The number of amides is 7. The van der Waals surface area contributed by atoms with Crippen molar-refractivity contribution in [1.29, 1.82) is 0 Å². The van der Waals surface area contributed by atoms with E-state index in [0.29, 0.717) is 96.5 Å². The largest absolute Gasteiger partial charge is 0.493 e. The molecule has 19 heteroatoms. The molecule has 0 bridgehead atoms. The van der Waals surface area contributed by atoms with E-state index in [-0.39, 0.29) is 60.5 Å². The number of fused-ring (bicyclic) bond motifs is 4. The van der Waals surface area contributed by atoms with Crippen molar-refractivity contribution in [2.24, 2.45) is 15.9 Å². The molecule has 4 aromatic carbocycles. The summed E-state index contributed by atoms with van der Waals surface area (Å²) in [4.78, 5) is 105. The Bertz CT molecular complexity index is 3240. The average molecular weight is 1100 g/mol.